The Morgan fingerprint density at radius 3 is 2.55 bits per heavy atom. The molecule has 0 bridgehead atoms. The Balaban J connectivity index is 1.34. The molecule has 6 atom stereocenters. The van der Waals surface area contributed by atoms with Crippen molar-refractivity contribution < 1.29 is 23.7 Å². The van der Waals surface area contributed by atoms with E-state index in [1.807, 2.05) is 0 Å². The van der Waals surface area contributed by atoms with Crippen LogP contribution in [0.15, 0.2) is 35.5 Å². The average Bonchev–Trinajstić information content (AvgIpc) is 3.09. The normalized spacial score (nSPS) is 38.0. The number of likely N-dealkylation sites (tertiary alicyclic amines) is 1. The lowest BCUT2D eigenvalue weighted by Crippen LogP contribution is -2.53. The van der Waals surface area contributed by atoms with E-state index in [-0.39, 0.29) is 6.10 Å². The van der Waals surface area contributed by atoms with Crippen molar-refractivity contribution in [3.63, 3.8) is 0 Å². The van der Waals surface area contributed by atoms with Gasteiger partial charge in [-0.15, -0.1) is 0 Å². The number of fused-ring (bicyclic) bond motifs is 1. The number of allylic oxidation sites excluding steroid dienone is 3. The molecule has 0 amide bonds. The van der Waals surface area contributed by atoms with Crippen molar-refractivity contribution in [3.05, 3.63) is 35.5 Å². The lowest BCUT2D eigenvalue weighted by molar-refractivity contribution is -0.196. The maximum Gasteiger partial charge on any atom is 0.345 e. The molecule has 0 spiro atoms. The number of nitrogens with zero attached hydrogens (tertiary/aromatic N) is 1. The third-order valence-corrected chi connectivity index (χ3v) is 9.14. The van der Waals surface area contributed by atoms with Crippen LogP contribution in [-0.2, 0) is 4.74 Å². The summed E-state index contributed by atoms with van der Waals surface area (Å²) in [5.41, 5.74) is 3.49. The Morgan fingerprint density at radius 1 is 1.18 bits per heavy atom. The van der Waals surface area contributed by atoms with Gasteiger partial charge in [-0.3, -0.25) is 4.90 Å². The van der Waals surface area contributed by atoms with E-state index in [1.165, 1.54) is 31.3 Å². The SMILES string of the molecule is C=C1[C@H](O)CC(=C/C=C2\CCC[C@]3(C)[C@@H](C(C)CCN4CC(OC(F)F)C4)CC[C@@H]23)C[C@H]1O. The van der Waals surface area contributed by atoms with Gasteiger partial charge in [0.1, 0.15) is 0 Å². The lowest BCUT2D eigenvalue weighted by Gasteiger charge is -2.45. The molecule has 4 nitrogen and oxygen atoms in total. The first-order chi connectivity index (χ1) is 15.7. The van der Waals surface area contributed by atoms with Gasteiger partial charge in [-0.1, -0.05) is 43.7 Å². The summed E-state index contributed by atoms with van der Waals surface area (Å²) in [5.74, 6) is 1.91. The largest absolute Gasteiger partial charge is 0.388 e. The zero-order chi connectivity index (χ0) is 23.8. The molecule has 1 saturated heterocycles. The van der Waals surface area contributed by atoms with Crippen LogP contribution in [0.25, 0.3) is 0 Å². The minimum Gasteiger partial charge on any atom is -0.388 e. The molecule has 0 aromatic carbocycles. The molecule has 1 aliphatic heterocycles. The van der Waals surface area contributed by atoms with E-state index < -0.39 is 18.8 Å². The monoisotopic (exact) mass is 465 g/mol. The van der Waals surface area contributed by atoms with Gasteiger partial charge < -0.3 is 14.9 Å². The maximum absolute atomic E-state index is 12.3. The second-order valence-corrected chi connectivity index (χ2v) is 11.2. The minimum absolute atomic E-state index is 0.307. The van der Waals surface area contributed by atoms with Crippen LogP contribution in [0.2, 0.25) is 0 Å². The van der Waals surface area contributed by atoms with Gasteiger partial charge in [-0.05, 0) is 86.7 Å². The van der Waals surface area contributed by atoms with Gasteiger partial charge in [-0.25, -0.2) is 0 Å². The average molecular weight is 466 g/mol. The summed E-state index contributed by atoms with van der Waals surface area (Å²) in [6, 6.07) is 0. The molecule has 4 fully saturated rings. The predicted molar refractivity (Wildman–Crippen MR) is 126 cm³/mol. The molecule has 33 heavy (non-hydrogen) atoms. The second-order valence-electron chi connectivity index (χ2n) is 11.2. The Morgan fingerprint density at radius 2 is 1.88 bits per heavy atom. The van der Waals surface area contributed by atoms with Gasteiger partial charge in [0.05, 0.1) is 18.3 Å². The van der Waals surface area contributed by atoms with Crippen molar-refractivity contribution in [2.45, 2.75) is 90.1 Å². The summed E-state index contributed by atoms with van der Waals surface area (Å²) < 4.78 is 29.2. The van der Waals surface area contributed by atoms with E-state index in [0.717, 1.165) is 25.0 Å². The van der Waals surface area contributed by atoms with E-state index in [1.54, 1.807) is 0 Å². The molecule has 2 N–H and O–H groups in total. The lowest BCUT2D eigenvalue weighted by atomic mass is 9.61. The Kier molecular flexibility index (Phi) is 7.79. The highest BCUT2D eigenvalue weighted by atomic mass is 19.3. The predicted octanol–water partition coefficient (Wildman–Crippen LogP) is 5.08. The van der Waals surface area contributed by atoms with Crippen molar-refractivity contribution in [1.29, 1.82) is 0 Å². The summed E-state index contributed by atoms with van der Waals surface area (Å²) in [6.07, 6.45) is 11.2. The van der Waals surface area contributed by atoms with Crippen LogP contribution >= 0.6 is 0 Å². The van der Waals surface area contributed by atoms with Crippen LogP contribution in [0.1, 0.15) is 65.2 Å². The van der Waals surface area contributed by atoms with Crippen LogP contribution in [0, 0.1) is 23.2 Å². The van der Waals surface area contributed by atoms with E-state index >= 15 is 0 Å². The van der Waals surface area contributed by atoms with Gasteiger partial charge >= 0.3 is 6.61 Å². The van der Waals surface area contributed by atoms with Gasteiger partial charge in [0.25, 0.3) is 0 Å². The molecule has 3 saturated carbocycles. The van der Waals surface area contributed by atoms with E-state index in [4.69, 9.17) is 0 Å². The molecule has 4 aliphatic rings. The first-order valence-corrected chi connectivity index (χ1v) is 12.8. The third kappa shape index (κ3) is 5.44. The fraction of sp³-hybridized carbons (Fsp3) is 0.778. The van der Waals surface area contributed by atoms with Crippen molar-refractivity contribution in [1.82, 2.24) is 4.90 Å². The topological polar surface area (TPSA) is 52.9 Å². The number of hydrogen-bond acceptors (Lipinski definition) is 4. The number of aliphatic hydroxyl groups excluding tert-OH is 2. The summed E-state index contributed by atoms with van der Waals surface area (Å²) in [7, 11) is 0. The van der Waals surface area contributed by atoms with E-state index in [0.29, 0.717) is 54.7 Å². The second kappa shape index (κ2) is 10.3. The summed E-state index contributed by atoms with van der Waals surface area (Å²) in [5, 5.41) is 20.3. The van der Waals surface area contributed by atoms with Crippen LogP contribution in [0.5, 0.6) is 0 Å². The number of halogens is 2. The fourth-order valence-electron chi connectivity index (χ4n) is 7.16. The van der Waals surface area contributed by atoms with E-state index in [9.17, 15) is 19.0 Å². The zero-order valence-electron chi connectivity index (χ0n) is 20.2. The van der Waals surface area contributed by atoms with E-state index in [2.05, 4.69) is 42.2 Å². The molecule has 0 aromatic heterocycles. The Bertz CT molecular complexity index is 759. The highest BCUT2D eigenvalue weighted by molar-refractivity contribution is 5.29. The first-order valence-electron chi connectivity index (χ1n) is 12.8. The van der Waals surface area contributed by atoms with Crippen LogP contribution in [0.3, 0.4) is 0 Å². The van der Waals surface area contributed by atoms with Gasteiger partial charge in [0, 0.05) is 13.1 Å². The summed E-state index contributed by atoms with van der Waals surface area (Å²) in [6.45, 7) is 8.22. The zero-order valence-corrected chi connectivity index (χ0v) is 20.2. The third-order valence-electron chi connectivity index (χ3n) is 9.14. The maximum atomic E-state index is 12.3. The quantitative estimate of drug-likeness (QED) is 0.515. The minimum atomic E-state index is -2.66. The Hall–Kier alpha value is -1.08. The van der Waals surface area contributed by atoms with Crippen molar-refractivity contribution in [2.24, 2.45) is 23.2 Å². The molecule has 0 radical (unpaired) electrons. The van der Waals surface area contributed by atoms with Gasteiger partial charge in [-0.2, -0.15) is 8.78 Å². The van der Waals surface area contributed by atoms with Crippen molar-refractivity contribution >= 4 is 0 Å². The fourth-order valence-corrected chi connectivity index (χ4v) is 7.16. The van der Waals surface area contributed by atoms with Gasteiger partial charge in [0.2, 0.25) is 0 Å². The first kappa shape index (κ1) is 25.0. The van der Waals surface area contributed by atoms with Crippen molar-refractivity contribution in [3.8, 4) is 0 Å². The molecular formula is C27H41F2NO3. The summed E-state index contributed by atoms with van der Waals surface area (Å²) >= 11 is 0. The summed E-state index contributed by atoms with van der Waals surface area (Å²) in [4.78, 5) is 2.23. The molecular weight excluding hydrogens is 424 g/mol. The smallest absolute Gasteiger partial charge is 0.345 e. The standard InChI is InChI=1S/C27H41F2NO3/c1-17(10-12-30-15-21(16-30)33-26(28)29)22-8-9-23-20(5-4-11-27(22,23)3)7-6-19-13-24(31)18(2)25(32)14-19/h6-7,17,21-26,31-32H,2,4-5,8-16H2,1,3H3/b20-7+/t17?,22-,23+,24-,25-,27-/m1/s1. The molecule has 3 aliphatic carbocycles. The molecule has 1 heterocycles. The molecule has 6 heteroatoms. The highest BCUT2D eigenvalue weighted by Gasteiger charge is 2.50. The number of rotatable bonds is 7. The molecule has 186 valence electrons. The number of aliphatic hydroxyl groups is 2. The van der Waals surface area contributed by atoms with Crippen LogP contribution in [0.4, 0.5) is 8.78 Å². The van der Waals surface area contributed by atoms with Gasteiger partial charge in [0.15, 0.2) is 0 Å². The highest BCUT2D eigenvalue weighted by Crippen LogP contribution is 2.59. The number of ether oxygens (including phenoxy) is 1. The Labute approximate surface area is 197 Å². The molecule has 1 unspecified atom stereocenters. The van der Waals surface area contributed by atoms with Crippen LogP contribution in [-0.4, -0.2) is 59.7 Å². The number of hydrogen-bond donors (Lipinski definition) is 2. The molecule has 4 rings (SSSR count). The molecule has 0 aromatic rings. The van der Waals surface area contributed by atoms with Crippen molar-refractivity contribution in [2.75, 3.05) is 19.6 Å². The van der Waals surface area contributed by atoms with Crippen LogP contribution < -0.4 is 0 Å². The number of alkyl halides is 2.